The minimum Gasteiger partial charge on any atom is -0.456 e. The highest BCUT2D eigenvalue weighted by Crippen LogP contribution is 2.27. The number of Topliss-reactive ketones (excluding diaryl/α,β-unsaturated/α-hetero) is 1. The van der Waals surface area contributed by atoms with Crippen LogP contribution in [0.4, 0.5) is 11.5 Å². The van der Waals surface area contributed by atoms with Gasteiger partial charge in [-0.1, -0.05) is 18.2 Å². The Kier molecular flexibility index (Phi) is 7.18. The van der Waals surface area contributed by atoms with Crippen LogP contribution in [0, 0.1) is 5.92 Å². The average molecular weight is 502 g/mol. The number of amides is 1. The number of hydrogen-bond donors (Lipinski definition) is 1. The summed E-state index contributed by atoms with van der Waals surface area (Å²) in [5.74, 6) is 0.871. The second kappa shape index (κ2) is 10.8. The van der Waals surface area contributed by atoms with Gasteiger partial charge in [-0.25, -0.2) is 4.98 Å². The summed E-state index contributed by atoms with van der Waals surface area (Å²) in [4.78, 5) is 38.2. The van der Waals surface area contributed by atoms with Crippen molar-refractivity contribution in [2.24, 2.45) is 5.92 Å². The number of nitrogens with zero attached hydrogens (tertiary/aromatic N) is 4. The van der Waals surface area contributed by atoms with Gasteiger partial charge in [0.25, 0.3) is 0 Å². The normalized spacial score (nSPS) is 17.3. The maximum absolute atomic E-state index is 12.9. The molecular weight excluding hydrogens is 474 g/mol. The number of hydrogen-bond acceptors (Lipinski definition) is 6. The molecule has 5 rings (SSSR count). The SMILES string of the molecule is O=C(Cc1ccc(Oc2ccnc(NC(=S)N3CCCC3)c2)cn1)C1CCN(c2ccccc2)C1=O. The molecule has 1 amide bonds. The zero-order chi connectivity index (χ0) is 24.9. The first-order valence-corrected chi connectivity index (χ1v) is 12.5. The fourth-order valence-electron chi connectivity index (χ4n) is 4.51. The number of thiocarbonyl (C=S) groups is 1. The molecule has 0 saturated carbocycles. The highest BCUT2D eigenvalue weighted by molar-refractivity contribution is 7.80. The van der Waals surface area contributed by atoms with Crippen LogP contribution >= 0.6 is 12.2 Å². The van der Waals surface area contributed by atoms with E-state index in [1.807, 2.05) is 30.3 Å². The lowest BCUT2D eigenvalue weighted by Crippen LogP contribution is -2.32. The summed E-state index contributed by atoms with van der Waals surface area (Å²) < 4.78 is 5.92. The van der Waals surface area contributed by atoms with Gasteiger partial charge in [0, 0.05) is 49.7 Å². The molecule has 0 aliphatic carbocycles. The number of benzene rings is 1. The Labute approximate surface area is 215 Å². The first kappa shape index (κ1) is 23.9. The molecule has 8 nitrogen and oxygen atoms in total. The molecule has 1 unspecified atom stereocenters. The van der Waals surface area contributed by atoms with Crippen LogP contribution < -0.4 is 15.0 Å². The molecule has 2 fully saturated rings. The van der Waals surface area contributed by atoms with Crippen molar-refractivity contribution in [2.75, 3.05) is 29.9 Å². The number of nitrogens with one attached hydrogen (secondary N) is 1. The van der Waals surface area contributed by atoms with Crippen LogP contribution in [0.1, 0.15) is 25.0 Å². The molecule has 4 heterocycles. The van der Waals surface area contributed by atoms with Crippen molar-refractivity contribution < 1.29 is 14.3 Å². The van der Waals surface area contributed by atoms with Gasteiger partial charge in [0.15, 0.2) is 10.9 Å². The Hall–Kier alpha value is -3.85. The van der Waals surface area contributed by atoms with Crippen LogP contribution in [0.2, 0.25) is 0 Å². The third kappa shape index (κ3) is 5.52. The van der Waals surface area contributed by atoms with Gasteiger partial charge in [-0.05, 0) is 61.8 Å². The number of aromatic nitrogens is 2. The Bertz CT molecular complexity index is 1250. The molecule has 0 radical (unpaired) electrons. The Balaban J connectivity index is 1.16. The molecule has 36 heavy (non-hydrogen) atoms. The van der Waals surface area contributed by atoms with Crippen LogP contribution in [0.3, 0.4) is 0 Å². The predicted molar refractivity (Wildman–Crippen MR) is 141 cm³/mol. The molecule has 2 aliphatic rings. The van der Waals surface area contributed by atoms with Crippen molar-refractivity contribution in [2.45, 2.75) is 25.7 Å². The molecule has 1 N–H and O–H groups in total. The van der Waals surface area contributed by atoms with E-state index >= 15 is 0 Å². The van der Waals surface area contributed by atoms with Crippen molar-refractivity contribution in [3.63, 3.8) is 0 Å². The van der Waals surface area contributed by atoms with E-state index in [2.05, 4.69) is 20.2 Å². The van der Waals surface area contributed by atoms with Gasteiger partial charge in [-0.3, -0.25) is 14.6 Å². The van der Waals surface area contributed by atoms with E-state index < -0.39 is 5.92 Å². The number of ether oxygens (including phenoxy) is 1. The smallest absolute Gasteiger partial charge is 0.237 e. The summed E-state index contributed by atoms with van der Waals surface area (Å²) >= 11 is 5.47. The molecule has 3 aromatic rings. The number of ketones is 1. The largest absolute Gasteiger partial charge is 0.456 e. The monoisotopic (exact) mass is 501 g/mol. The van der Waals surface area contributed by atoms with Gasteiger partial charge >= 0.3 is 0 Å². The van der Waals surface area contributed by atoms with Gasteiger partial charge < -0.3 is 19.9 Å². The van der Waals surface area contributed by atoms with E-state index in [9.17, 15) is 9.59 Å². The van der Waals surface area contributed by atoms with E-state index in [1.54, 1.807) is 41.6 Å². The van der Waals surface area contributed by atoms with E-state index in [0.29, 0.717) is 41.1 Å². The number of carbonyl (C=O) groups excluding carboxylic acids is 2. The standard InChI is InChI=1S/C27H27N5O3S/c33-24(23-11-15-32(26(23)34)20-6-2-1-3-7-20)16-19-8-9-22(18-29-19)35-21-10-12-28-25(17-21)30-27(36)31-13-4-5-14-31/h1-3,6-10,12,17-18,23H,4-5,11,13-16H2,(H,28,30,36). The van der Waals surface area contributed by atoms with Gasteiger partial charge in [-0.15, -0.1) is 0 Å². The van der Waals surface area contributed by atoms with Gasteiger partial charge in [0.1, 0.15) is 17.3 Å². The van der Waals surface area contributed by atoms with Crippen molar-refractivity contribution in [1.82, 2.24) is 14.9 Å². The van der Waals surface area contributed by atoms with E-state index in [1.165, 1.54) is 0 Å². The van der Waals surface area contributed by atoms with Crippen LogP contribution in [-0.2, 0) is 16.0 Å². The summed E-state index contributed by atoms with van der Waals surface area (Å²) in [7, 11) is 0. The summed E-state index contributed by atoms with van der Waals surface area (Å²) in [5, 5.41) is 3.83. The zero-order valence-electron chi connectivity index (χ0n) is 19.8. The minimum absolute atomic E-state index is 0.108. The van der Waals surface area contributed by atoms with Crippen LogP contribution in [0.25, 0.3) is 0 Å². The fourth-order valence-corrected chi connectivity index (χ4v) is 4.80. The van der Waals surface area contributed by atoms with Crippen molar-refractivity contribution in [3.05, 3.63) is 72.7 Å². The maximum Gasteiger partial charge on any atom is 0.237 e. The topological polar surface area (TPSA) is 87.7 Å². The van der Waals surface area contributed by atoms with Crippen molar-refractivity contribution >= 4 is 40.5 Å². The summed E-state index contributed by atoms with van der Waals surface area (Å²) in [6.45, 7) is 2.47. The summed E-state index contributed by atoms with van der Waals surface area (Å²) in [6.07, 6.45) is 6.16. The molecule has 0 spiro atoms. The molecule has 1 aromatic carbocycles. The first-order valence-electron chi connectivity index (χ1n) is 12.1. The molecule has 2 saturated heterocycles. The molecule has 9 heteroatoms. The molecule has 2 aromatic heterocycles. The Morgan fingerprint density at radius 3 is 2.58 bits per heavy atom. The Morgan fingerprint density at radius 1 is 1.03 bits per heavy atom. The molecule has 184 valence electrons. The van der Waals surface area contributed by atoms with E-state index in [4.69, 9.17) is 17.0 Å². The van der Waals surface area contributed by atoms with E-state index in [0.717, 1.165) is 31.6 Å². The lowest BCUT2D eigenvalue weighted by Gasteiger charge is -2.19. The molecule has 2 aliphatic heterocycles. The Morgan fingerprint density at radius 2 is 1.83 bits per heavy atom. The quantitative estimate of drug-likeness (QED) is 0.380. The number of likely N-dealkylation sites (tertiary alicyclic amines) is 1. The van der Waals surface area contributed by atoms with Gasteiger partial charge in [0.05, 0.1) is 12.1 Å². The third-order valence-corrected chi connectivity index (χ3v) is 6.77. The lowest BCUT2D eigenvalue weighted by atomic mass is 9.98. The highest BCUT2D eigenvalue weighted by atomic mass is 32.1. The second-order valence-electron chi connectivity index (χ2n) is 8.90. The van der Waals surface area contributed by atoms with Gasteiger partial charge in [-0.2, -0.15) is 0 Å². The van der Waals surface area contributed by atoms with E-state index in [-0.39, 0.29) is 18.1 Å². The number of carbonyl (C=O) groups is 2. The van der Waals surface area contributed by atoms with Crippen LogP contribution in [-0.4, -0.2) is 51.3 Å². The van der Waals surface area contributed by atoms with Crippen LogP contribution in [0.15, 0.2) is 67.0 Å². The van der Waals surface area contributed by atoms with Crippen LogP contribution in [0.5, 0.6) is 11.5 Å². The lowest BCUT2D eigenvalue weighted by molar-refractivity contribution is -0.130. The van der Waals surface area contributed by atoms with Crippen molar-refractivity contribution in [1.29, 1.82) is 0 Å². The fraction of sp³-hybridized carbons (Fsp3) is 0.296. The summed E-state index contributed by atoms with van der Waals surface area (Å²) in [5.41, 5.74) is 1.43. The summed E-state index contributed by atoms with van der Waals surface area (Å²) in [6, 6.07) is 16.5. The number of pyridine rings is 2. The third-order valence-electron chi connectivity index (χ3n) is 6.41. The van der Waals surface area contributed by atoms with Crippen molar-refractivity contribution in [3.8, 4) is 11.5 Å². The number of rotatable bonds is 7. The van der Waals surface area contributed by atoms with Gasteiger partial charge in [0.2, 0.25) is 5.91 Å². The molecular formula is C27H27N5O3S. The first-order chi connectivity index (χ1) is 17.6. The number of para-hydroxylation sites is 1. The predicted octanol–water partition coefficient (Wildman–Crippen LogP) is 4.23. The molecule has 1 atom stereocenters. The number of anilines is 2. The zero-order valence-corrected chi connectivity index (χ0v) is 20.6. The highest BCUT2D eigenvalue weighted by Gasteiger charge is 2.37. The molecule has 0 bridgehead atoms. The minimum atomic E-state index is -0.627. The average Bonchev–Trinajstić information content (AvgIpc) is 3.56. The second-order valence-corrected chi connectivity index (χ2v) is 9.28. The maximum atomic E-state index is 12.9.